The maximum Gasteiger partial charge on any atom is 0.316 e. The predicted octanol–water partition coefficient (Wildman–Crippen LogP) is 0.761. The van der Waals surface area contributed by atoms with Crippen LogP contribution >= 0.6 is 11.6 Å². The molecule has 1 rings (SSSR count). The lowest BCUT2D eigenvalue weighted by atomic mass is 10.2. The van der Waals surface area contributed by atoms with Gasteiger partial charge in [0.15, 0.2) is 0 Å². The highest BCUT2D eigenvalue weighted by atomic mass is 35.5. The van der Waals surface area contributed by atoms with Gasteiger partial charge in [-0.2, -0.15) is 5.26 Å². The van der Waals surface area contributed by atoms with Crippen molar-refractivity contribution in [1.82, 2.24) is 14.9 Å². The first-order chi connectivity index (χ1) is 9.77. The number of hydrogen-bond donors (Lipinski definition) is 2. The van der Waals surface area contributed by atoms with Gasteiger partial charge in [0.05, 0.1) is 16.7 Å². The molecular weight excluding hydrogens is 316 g/mol. The average Bonchev–Trinajstić information content (AvgIpc) is 2.43. The summed E-state index contributed by atoms with van der Waals surface area (Å²) in [5.41, 5.74) is 0.195. The Hall–Kier alpha value is -1.82. The van der Waals surface area contributed by atoms with Crippen molar-refractivity contribution in [3.8, 4) is 6.07 Å². The third kappa shape index (κ3) is 4.90. The highest BCUT2D eigenvalue weighted by molar-refractivity contribution is 7.89. The SMILES string of the molecule is CN(C)C(=O)NCCNS(=O)(=O)c1cc(C#N)ccc1Cl. The Kier molecular flexibility index (Phi) is 5.96. The van der Waals surface area contributed by atoms with E-state index in [1.54, 1.807) is 14.1 Å². The molecule has 0 unspecified atom stereocenters. The molecule has 0 bridgehead atoms. The van der Waals surface area contributed by atoms with Crippen molar-refractivity contribution in [3.05, 3.63) is 28.8 Å². The fourth-order valence-electron chi connectivity index (χ4n) is 1.37. The van der Waals surface area contributed by atoms with Crippen molar-refractivity contribution in [2.24, 2.45) is 0 Å². The van der Waals surface area contributed by atoms with Crippen LogP contribution in [-0.4, -0.2) is 46.5 Å². The summed E-state index contributed by atoms with van der Waals surface area (Å²) >= 11 is 5.84. The predicted molar refractivity (Wildman–Crippen MR) is 78.4 cm³/mol. The molecule has 0 radical (unpaired) electrons. The van der Waals surface area contributed by atoms with Crippen molar-refractivity contribution >= 4 is 27.7 Å². The monoisotopic (exact) mass is 330 g/mol. The Labute approximate surface area is 128 Å². The summed E-state index contributed by atoms with van der Waals surface area (Å²) in [6.45, 7) is 0.140. The molecule has 9 heteroatoms. The molecule has 2 N–H and O–H groups in total. The molecule has 21 heavy (non-hydrogen) atoms. The third-order valence-corrected chi connectivity index (χ3v) is 4.39. The number of hydrogen-bond acceptors (Lipinski definition) is 4. The summed E-state index contributed by atoms with van der Waals surface area (Å²) in [6.07, 6.45) is 0. The Balaban J connectivity index is 2.71. The van der Waals surface area contributed by atoms with E-state index in [1.165, 1.54) is 23.1 Å². The van der Waals surface area contributed by atoms with Crippen molar-refractivity contribution in [1.29, 1.82) is 5.26 Å². The maximum atomic E-state index is 12.1. The van der Waals surface area contributed by atoms with Crippen LogP contribution in [0.2, 0.25) is 5.02 Å². The van der Waals surface area contributed by atoms with Crippen LogP contribution in [-0.2, 0) is 10.0 Å². The Bertz CT molecular complexity index is 668. The fraction of sp³-hybridized carbons (Fsp3) is 0.333. The number of sulfonamides is 1. The van der Waals surface area contributed by atoms with Crippen LogP contribution in [0.3, 0.4) is 0 Å². The second-order valence-corrected chi connectivity index (χ2v) is 6.42. The first kappa shape index (κ1) is 17.2. The van der Waals surface area contributed by atoms with Crippen molar-refractivity contribution in [2.75, 3.05) is 27.2 Å². The Morgan fingerprint density at radius 1 is 1.38 bits per heavy atom. The molecule has 0 saturated carbocycles. The van der Waals surface area contributed by atoms with Crippen LogP contribution in [0, 0.1) is 11.3 Å². The molecule has 0 aromatic heterocycles. The molecule has 0 atom stereocenters. The molecule has 0 saturated heterocycles. The number of rotatable bonds is 5. The van der Waals surface area contributed by atoms with E-state index in [-0.39, 0.29) is 34.6 Å². The summed E-state index contributed by atoms with van der Waals surface area (Å²) in [5, 5.41) is 11.3. The fourth-order valence-corrected chi connectivity index (χ4v) is 2.92. The van der Waals surface area contributed by atoms with Gasteiger partial charge in [0.1, 0.15) is 4.90 Å². The molecule has 0 heterocycles. The van der Waals surface area contributed by atoms with E-state index in [0.29, 0.717) is 0 Å². The van der Waals surface area contributed by atoms with Gasteiger partial charge in [-0.1, -0.05) is 11.6 Å². The minimum absolute atomic E-state index is 0.00895. The lowest BCUT2D eigenvalue weighted by molar-refractivity contribution is 0.217. The van der Waals surface area contributed by atoms with Gasteiger partial charge in [-0.3, -0.25) is 0 Å². The van der Waals surface area contributed by atoms with Crippen LogP contribution in [0.15, 0.2) is 23.1 Å². The number of benzene rings is 1. The minimum Gasteiger partial charge on any atom is -0.337 e. The number of urea groups is 1. The summed E-state index contributed by atoms with van der Waals surface area (Å²) < 4.78 is 26.5. The Morgan fingerprint density at radius 3 is 2.62 bits per heavy atom. The van der Waals surface area contributed by atoms with Crippen molar-refractivity contribution in [3.63, 3.8) is 0 Å². The van der Waals surface area contributed by atoms with Crippen LogP contribution in [0.25, 0.3) is 0 Å². The number of carbonyl (C=O) groups is 1. The maximum absolute atomic E-state index is 12.1. The number of carbonyl (C=O) groups excluding carboxylic acids is 1. The molecule has 1 aromatic carbocycles. The van der Waals surface area contributed by atoms with Gasteiger partial charge < -0.3 is 10.2 Å². The minimum atomic E-state index is -3.84. The number of nitrogens with zero attached hydrogens (tertiary/aromatic N) is 2. The van der Waals surface area contributed by atoms with Gasteiger partial charge in [-0.15, -0.1) is 0 Å². The second-order valence-electron chi connectivity index (χ2n) is 4.28. The molecule has 7 nitrogen and oxygen atoms in total. The van der Waals surface area contributed by atoms with Gasteiger partial charge in [0.2, 0.25) is 10.0 Å². The molecule has 2 amide bonds. The van der Waals surface area contributed by atoms with Gasteiger partial charge in [0.25, 0.3) is 0 Å². The van der Waals surface area contributed by atoms with Crippen molar-refractivity contribution < 1.29 is 13.2 Å². The van der Waals surface area contributed by atoms with E-state index in [9.17, 15) is 13.2 Å². The zero-order valence-electron chi connectivity index (χ0n) is 11.6. The van der Waals surface area contributed by atoms with Gasteiger partial charge in [-0.05, 0) is 18.2 Å². The number of halogens is 1. The molecule has 1 aromatic rings. The van der Waals surface area contributed by atoms with E-state index in [4.69, 9.17) is 16.9 Å². The summed E-state index contributed by atoms with van der Waals surface area (Å²) in [6, 6.07) is 5.50. The Morgan fingerprint density at radius 2 is 2.05 bits per heavy atom. The van der Waals surface area contributed by atoms with Crippen molar-refractivity contribution in [2.45, 2.75) is 4.90 Å². The standard InChI is InChI=1S/C12H15ClN4O3S/c1-17(2)12(18)15-5-6-16-21(19,20)11-7-9(8-14)3-4-10(11)13/h3-4,7,16H,5-6H2,1-2H3,(H,15,18). The van der Waals surface area contributed by atoms with Crippen LogP contribution in [0.5, 0.6) is 0 Å². The van der Waals surface area contributed by atoms with Crippen LogP contribution in [0.1, 0.15) is 5.56 Å². The smallest absolute Gasteiger partial charge is 0.316 e. The highest BCUT2D eigenvalue weighted by Gasteiger charge is 2.18. The first-order valence-corrected chi connectivity index (χ1v) is 7.78. The topological polar surface area (TPSA) is 102 Å². The average molecular weight is 331 g/mol. The molecule has 114 valence electrons. The largest absolute Gasteiger partial charge is 0.337 e. The van der Waals surface area contributed by atoms with E-state index in [2.05, 4.69) is 10.0 Å². The van der Waals surface area contributed by atoms with Crippen LogP contribution in [0.4, 0.5) is 4.79 Å². The van der Waals surface area contributed by atoms with E-state index >= 15 is 0 Å². The molecule has 0 aliphatic rings. The van der Waals surface area contributed by atoms with Gasteiger partial charge in [-0.25, -0.2) is 17.9 Å². The number of nitrogens with one attached hydrogen (secondary N) is 2. The number of nitriles is 1. The van der Waals surface area contributed by atoms with E-state index in [1.807, 2.05) is 6.07 Å². The van der Waals surface area contributed by atoms with Gasteiger partial charge >= 0.3 is 6.03 Å². The van der Waals surface area contributed by atoms with Gasteiger partial charge in [0, 0.05) is 27.2 Å². The van der Waals surface area contributed by atoms with Crippen LogP contribution < -0.4 is 10.0 Å². The molecular formula is C12H15ClN4O3S. The number of amides is 2. The molecule has 0 spiro atoms. The summed E-state index contributed by atoms with van der Waals surface area (Å²) in [4.78, 5) is 12.4. The lowest BCUT2D eigenvalue weighted by Crippen LogP contribution is -2.39. The summed E-state index contributed by atoms with van der Waals surface area (Å²) in [5.74, 6) is 0. The van der Waals surface area contributed by atoms with E-state index in [0.717, 1.165) is 0 Å². The zero-order valence-corrected chi connectivity index (χ0v) is 13.1. The second kappa shape index (κ2) is 7.26. The molecule has 0 fully saturated rings. The zero-order chi connectivity index (χ0) is 16.0. The summed E-state index contributed by atoms with van der Waals surface area (Å²) in [7, 11) is -0.688. The molecule has 0 aliphatic heterocycles. The highest BCUT2D eigenvalue weighted by Crippen LogP contribution is 2.22. The molecule has 0 aliphatic carbocycles. The normalized spacial score (nSPS) is 10.8. The third-order valence-electron chi connectivity index (χ3n) is 2.45. The van der Waals surface area contributed by atoms with E-state index < -0.39 is 10.0 Å². The quantitative estimate of drug-likeness (QED) is 0.778. The lowest BCUT2D eigenvalue weighted by Gasteiger charge is -2.12. The first-order valence-electron chi connectivity index (χ1n) is 5.92.